The van der Waals surface area contributed by atoms with E-state index >= 15 is 0 Å². The van der Waals surface area contributed by atoms with Gasteiger partial charge in [-0.05, 0) is 49.7 Å². The van der Waals surface area contributed by atoms with E-state index in [9.17, 15) is 14.4 Å². The van der Waals surface area contributed by atoms with Crippen LogP contribution in [0, 0.1) is 0 Å². The lowest BCUT2D eigenvalue weighted by Crippen LogP contribution is -2.44. The van der Waals surface area contributed by atoms with Crippen LogP contribution in [0.1, 0.15) is 41.0 Å². The first-order valence-corrected chi connectivity index (χ1v) is 9.52. The van der Waals surface area contributed by atoms with Crippen LogP contribution in [-0.2, 0) is 9.53 Å². The second-order valence-corrected chi connectivity index (χ2v) is 6.54. The van der Waals surface area contributed by atoms with Crippen LogP contribution in [0.3, 0.4) is 0 Å². The van der Waals surface area contributed by atoms with Crippen LogP contribution in [0.25, 0.3) is 0 Å². The molecule has 0 radical (unpaired) electrons. The maximum absolute atomic E-state index is 12.4. The number of hydrogen-bond acceptors (Lipinski definition) is 6. The van der Waals surface area contributed by atoms with Crippen LogP contribution in [-0.4, -0.2) is 48.5 Å². The first-order valence-electron chi connectivity index (χ1n) is 9.52. The largest absolute Gasteiger partial charge is 0.494 e. The van der Waals surface area contributed by atoms with Gasteiger partial charge in [0.1, 0.15) is 30.8 Å². The number of amides is 2. The normalized spacial score (nSPS) is 13.8. The molecule has 0 bridgehead atoms. The van der Waals surface area contributed by atoms with E-state index in [4.69, 9.17) is 14.2 Å². The molecule has 2 aromatic carbocycles. The van der Waals surface area contributed by atoms with Gasteiger partial charge in [0.15, 0.2) is 0 Å². The predicted octanol–water partition coefficient (Wildman–Crippen LogP) is 3.08. The third kappa shape index (κ3) is 4.56. The highest BCUT2D eigenvalue weighted by molar-refractivity contribution is 6.22. The molecular formula is C22H23NO6. The lowest BCUT2D eigenvalue weighted by atomic mass is 10.1. The fourth-order valence-corrected chi connectivity index (χ4v) is 2.94. The van der Waals surface area contributed by atoms with Gasteiger partial charge in [0.2, 0.25) is 0 Å². The van der Waals surface area contributed by atoms with Gasteiger partial charge < -0.3 is 14.2 Å². The van der Waals surface area contributed by atoms with Crippen LogP contribution in [0.15, 0.2) is 48.5 Å². The number of benzene rings is 2. The number of ether oxygens (including phenoxy) is 3. The molecule has 1 aliphatic heterocycles. The van der Waals surface area contributed by atoms with Crippen molar-refractivity contribution in [1.82, 2.24) is 4.90 Å². The number of rotatable bonds is 9. The molecule has 3 rings (SSSR count). The Kier molecular flexibility index (Phi) is 6.49. The number of esters is 1. The van der Waals surface area contributed by atoms with E-state index in [-0.39, 0.29) is 13.2 Å². The molecule has 2 aromatic rings. The lowest BCUT2D eigenvalue weighted by molar-refractivity contribution is -0.148. The van der Waals surface area contributed by atoms with E-state index in [0.29, 0.717) is 23.5 Å². The zero-order chi connectivity index (χ0) is 20.8. The summed E-state index contributed by atoms with van der Waals surface area (Å²) in [6, 6.07) is 12.6. The van der Waals surface area contributed by atoms with E-state index < -0.39 is 23.8 Å². The van der Waals surface area contributed by atoms with Crippen LogP contribution < -0.4 is 9.47 Å². The summed E-state index contributed by atoms with van der Waals surface area (Å²) in [5.41, 5.74) is 0.596. The van der Waals surface area contributed by atoms with Crippen LogP contribution in [0.5, 0.6) is 11.5 Å². The number of nitrogens with zero attached hydrogens (tertiary/aromatic N) is 1. The SMILES string of the molecule is CCCOc1ccc(OCCOC(=O)[C@H](C)N2C(=O)c3ccccc3C2=O)cc1. The molecule has 1 aliphatic rings. The van der Waals surface area contributed by atoms with Crippen LogP contribution >= 0.6 is 0 Å². The van der Waals surface area contributed by atoms with Crippen molar-refractivity contribution in [1.29, 1.82) is 0 Å². The molecule has 0 fully saturated rings. The monoisotopic (exact) mass is 397 g/mol. The van der Waals surface area contributed by atoms with Gasteiger partial charge in [0.25, 0.3) is 11.8 Å². The van der Waals surface area contributed by atoms with E-state index in [1.54, 1.807) is 48.5 Å². The Morgan fingerprint density at radius 1 is 0.862 bits per heavy atom. The Morgan fingerprint density at radius 3 is 1.90 bits per heavy atom. The molecule has 0 spiro atoms. The molecule has 2 amide bonds. The number of carbonyl (C=O) groups is 3. The van der Waals surface area contributed by atoms with Gasteiger partial charge in [0, 0.05) is 0 Å². The van der Waals surface area contributed by atoms with Gasteiger partial charge in [-0.25, -0.2) is 4.79 Å². The van der Waals surface area contributed by atoms with Gasteiger partial charge in [-0.3, -0.25) is 14.5 Å². The fraction of sp³-hybridized carbons (Fsp3) is 0.318. The third-order valence-corrected chi connectivity index (χ3v) is 4.45. The average molecular weight is 397 g/mol. The van der Waals surface area contributed by atoms with Crippen LogP contribution in [0.4, 0.5) is 0 Å². The van der Waals surface area contributed by atoms with Crippen molar-refractivity contribution in [2.45, 2.75) is 26.3 Å². The molecule has 152 valence electrons. The summed E-state index contributed by atoms with van der Waals surface area (Å²) in [7, 11) is 0. The third-order valence-electron chi connectivity index (χ3n) is 4.45. The van der Waals surface area contributed by atoms with Crippen molar-refractivity contribution >= 4 is 17.8 Å². The summed E-state index contributed by atoms with van der Waals surface area (Å²) in [5, 5.41) is 0. The molecule has 0 saturated heterocycles. The Morgan fingerprint density at radius 2 is 1.38 bits per heavy atom. The second-order valence-electron chi connectivity index (χ2n) is 6.54. The summed E-state index contributed by atoms with van der Waals surface area (Å²) in [5.74, 6) is -0.251. The minimum absolute atomic E-state index is 0.000425. The number of carbonyl (C=O) groups excluding carboxylic acids is 3. The topological polar surface area (TPSA) is 82.1 Å². The molecule has 29 heavy (non-hydrogen) atoms. The zero-order valence-electron chi connectivity index (χ0n) is 16.4. The van der Waals surface area contributed by atoms with Crippen molar-refractivity contribution in [3.8, 4) is 11.5 Å². The highest BCUT2D eigenvalue weighted by Crippen LogP contribution is 2.24. The van der Waals surface area contributed by atoms with Gasteiger partial charge >= 0.3 is 5.97 Å². The first kappa shape index (κ1) is 20.4. The molecule has 0 aliphatic carbocycles. The van der Waals surface area contributed by atoms with E-state index in [2.05, 4.69) is 0 Å². The summed E-state index contributed by atoms with van der Waals surface area (Å²) < 4.78 is 16.2. The summed E-state index contributed by atoms with van der Waals surface area (Å²) in [6.45, 7) is 4.31. The maximum Gasteiger partial charge on any atom is 0.329 e. The summed E-state index contributed by atoms with van der Waals surface area (Å²) in [6.07, 6.45) is 0.933. The Bertz CT molecular complexity index is 857. The molecule has 7 heteroatoms. The molecule has 1 heterocycles. The standard InChI is InChI=1S/C22H23NO6/c1-3-12-27-16-8-10-17(11-9-16)28-13-14-29-22(26)15(2)23-20(24)18-6-4-5-7-19(18)21(23)25/h4-11,15H,3,12-14H2,1-2H3/t15-/m0/s1. The quantitative estimate of drug-likeness (QED) is 0.367. The van der Waals surface area contributed by atoms with E-state index in [1.807, 2.05) is 6.92 Å². The minimum atomic E-state index is -1.02. The molecule has 0 saturated carbocycles. The number of hydrogen-bond donors (Lipinski definition) is 0. The van der Waals surface area contributed by atoms with Crippen molar-refractivity contribution in [3.05, 3.63) is 59.7 Å². The van der Waals surface area contributed by atoms with Crippen molar-refractivity contribution in [2.75, 3.05) is 19.8 Å². The Hall–Kier alpha value is -3.35. The lowest BCUT2D eigenvalue weighted by Gasteiger charge is -2.20. The van der Waals surface area contributed by atoms with Gasteiger partial charge in [-0.2, -0.15) is 0 Å². The van der Waals surface area contributed by atoms with E-state index in [1.165, 1.54) is 6.92 Å². The molecule has 0 unspecified atom stereocenters. The Labute approximate surface area is 169 Å². The average Bonchev–Trinajstić information content (AvgIpc) is 3.00. The zero-order valence-corrected chi connectivity index (χ0v) is 16.4. The fourth-order valence-electron chi connectivity index (χ4n) is 2.94. The maximum atomic E-state index is 12.4. The second kappa shape index (κ2) is 9.23. The van der Waals surface area contributed by atoms with Crippen molar-refractivity contribution in [2.24, 2.45) is 0 Å². The first-order chi connectivity index (χ1) is 14.0. The minimum Gasteiger partial charge on any atom is -0.494 e. The Balaban J connectivity index is 1.46. The van der Waals surface area contributed by atoms with Crippen LogP contribution in [0.2, 0.25) is 0 Å². The van der Waals surface area contributed by atoms with E-state index in [0.717, 1.165) is 17.1 Å². The molecule has 1 atom stereocenters. The van der Waals surface area contributed by atoms with Gasteiger partial charge in [-0.15, -0.1) is 0 Å². The highest BCUT2D eigenvalue weighted by atomic mass is 16.6. The smallest absolute Gasteiger partial charge is 0.329 e. The molecule has 7 nitrogen and oxygen atoms in total. The number of fused-ring (bicyclic) bond motifs is 1. The molecule has 0 N–H and O–H groups in total. The highest BCUT2D eigenvalue weighted by Gasteiger charge is 2.41. The van der Waals surface area contributed by atoms with Crippen molar-refractivity contribution < 1.29 is 28.6 Å². The summed E-state index contributed by atoms with van der Waals surface area (Å²) in [4.78, 5) is 38.1. The van der Waals surface area contributed by atoms with Gasteiger partial charge in [-0.1, -0.05) is 19.1 Å². The predicted molar refractivity (Wildman–Crippen MR) is 105 cm³/mol. The van der Waals surface area contributed by atoms with Gasteiger partial charge in [0.05, 0.1) is 17.7 Å². The molecule has 0 aromatic heterocycles. The number of imide groups is 1. The van der Waals surface area contributed by atoms with Crippen molar-refractivity contribution in [3.63, 3.8) is 0 Å². The summed E-state index contributed by atoms with van der Waals surface area (Å²) >= 11 is 0. The molecular weight excluding hydrogens is 374 g/mol.